The largest absolute Gasteiger partial charge is 0.491 e. The Morgan fingerprint density at radius 1 is 0.938 bits per heavy atom. The number of anilines is 1. The fourth-order valence-corrected chi connectivity index (χ4v) is 5.06. The zero-order valence-electron chi connectivity index (χ0n) is 18.8. The van der Waals surface area contributed by atoms with E-state index < -0.39 is 0 Å². The quantitative estimate of drug-likeness (QED) is 0.440. The summed E-state index contributed by atoms with van der Waals surface area (Å²) in [7, 11) is -0.192. The molecule has 3 aromatic rings. The molecule has 1 atom stereocenters. The van der Waals surface area contributed by atoms with Gasteiger partial charge in [0, 0.05) is 37.3 Å². The molecule has 0 amide bonds. The van der Waals surface area contributed by atoms with Crippen LogP contribution in [0.4, 0.5) is 5.69 Å². The lowest BCUT2D eigenvalue weighted by atomic mass is 10.2. The van der Waals surface area contributed by atoms with E-state index in [1.54, 1.807) is 6.20 Å². The molecule has 168 valence electrons. The van der Waals surface area contributed by atoms with E-state index in [1.165, 1.54) is 4.90 Å². The summed E-state index contributed by atoms with van der Waals surface area (Å²) in [5.41, 5.74) is 2.20. The summed E-state index contributed by atoms with van der Waals surface area (Å²) in [5, 5.41) is 0. The predicted molar refractivity (Wildman–Crippen MR) is 134 cm³/mol. The Kier molecular flexibility index (Phi) is 7.45. The second-order valence-corrected chi connectivity index (χ2v) is 9.74. The highest BCUT2D eigenvalue weighted by atomic mass is 32.2. The summed E-state index contributed by atoms with van der Waals surface area (Å²) in [6, 6.07) is 22.6. The molecule has 0 radical (unpaired) electrons. The van der Waals surface area contributed by atoms with Crippen LogP contribution in [-0.2, 0) is 6.61 Å². The van der Waals surface area contributed by atoms with Crippen LogP contribution in [-0.4, -0.2) is 47.4 Å². The smallest absolute Gasteiger partial charge is 0.237 e. The van der Waals surface area contributed by atoms with Gasteiger partial charge in [0.05, 0.1) is 11.8 Å². The molecule has 1 aliphatic rings. The number of benzene rings is 2. The molecule has 32 heavy (non-hydrogen) atoms. The Morgan fingerprint density at radius 2 is 1.66 bits per heavy atom. The van der Waals surface area contributed by atoms with E-state index in [-0.39, 0.29) is 16.8 Å². The van der Waals surface area contributed by atoms with Gasteiger partial charge in [-0.05, 0) is 55.8 Å². The summed E-state index contributed by atoms with van der Waals surface area (Å²) >= 11 is 0. The van der Waals surface area contributed by atoms with E-state index in [2.05, 4.69) is 50.4 Å². The Labute approximate surface area is 193 Å². The molecule has 1 aliphatic heterocycles. The highest BCUT2D eigenvalue weighted by molar-refractivity contribution is 8.12. The van der Waals surface area contributed by atoms with Crippen molar-refractivity contribution in [2.45, 2.75) is 31.5 Å². The van der Waals surface area contributed by atoms with Gasteiger partial charge in [0.2, 0.25) is 5.88 Å². The molecule has 1 fully saturated rings. The van der Waals surface area contributed by atoms with E-state index >= 15 is 0 Å². The lowest BCUT2D eigenvalue weighted by Crippen LogP contribution is -2.44. The molecule has 4 rings (SSSR count). The maximum atomic E-state index is 6.07. The molecule has 0 N–H and O–H groups in total. The highest BCUT2D eigenvalue weighted by Crippen LogP contribution is 2.33. The Balaban J connectivity index is 1.36. The topological polar surface area (TPSA) is 37.8 Å². The second kappa shape index (κ2) is 10.7. The van der Waals surface area contributed by atoms with Gasteiger partial charge >= 0.3 is 0 Å². The normalized spacial score (nSPS) is 15.5. The fourth-order valence-electron chi connectivity index (χ4n) is 3.71. The molecule has 2 heterocycles. The van der Waals surface area contributed by atoms with Crippen LogP contribution in [0, 0.1) is 0 Å². The number of aromatic nitrogens is 1. The van der Waals surface area contributed by atoms with Crippen LogP contribution in [0.1, 0.15) is 19.4 Å². The average Bonchev–Trinajstić information content (AvgIpc) is 2.83. The maximum absolute atomic E-state index is 6.07. The highest BCUT2D eigenvalue weighted by Gasteiger charge is 2.22. The summed E-state index contributed by atoms with van der Waals surface area (Å²) in [5.74, 6) is 6.06. The van der Waals surface area contributed by atoms with Crippen LogP contribution in [0.2, 0.25) is 0 Å². The van der Waals surface area contributed by atoms with Crippen LogP contribution >= 0.6 is 10.7 Å². The minimum atomic E-state index is -0.192. The third-order valence-corrected chi connectivity index (χ3v) is 7.13. The second-order valence-electron chi connectivity index (χ2n) is 8.02. The minimum absolute atomic E-state index is 0.181. The first-order valence-electron chi connectivity index (χ1n) is 11.0. The molecular formula is C26H31N3O2S. The van der Waals surface area contributed by atoms with Crippen LogP contribution in [0.15, 0.2) is 77.8 Å². The molecule has 0 bridgehead atoms. The van der Waals surface area contributed by atoms with E-state index in [4.69, 9.17) is 9.47 Å². The number of hydrogen-bond acceptors (Lipinski definition) is 5. The van der Waals surface area contributed by atoms with Gasteiger partial charge in [-0.1, -0.05) is 46.9 Å². The fraction of sp³-hybridized carbons (Fsp3) is 0.308. The lowest BCUT2D eigenvalue weighted by molar-refractivity contribution is 0.242. The lowest BCUT2D eigenvalue weighted by Gasteiger charge is -2.37. The van der Waals surface area contributed by atoms with Gasteiger partial charge < -0.3 is 14.4 Å². The zero-order valence-corrected chi connectivity index (χ0v) is 19.6. The van der Waals surface area contributed by atoms with Gasteiger partial charge in [0.15, 0.2) is 0 Å². The monoisotopic (exact) mass is 449 g/mol. The van der Waals surface area contributed by atoms with Gasteiger partial charge in [-0.3, -0.25) is 0 Å². The molecule has 1 unspecified atom stereocenters. The molecule has 2 aromatic carbocycles. The third kappa shape index (κ3) is 5.69. The summed E-state index contributed by atoms with van der Waals surface area (Å²) < 4.78 is 14.3. The molecule has 0 spiro atoms. The maximum Gasteiger partial charge on any atom is 0.237 e. The van der Waals surface area contributed by atoms with Crippen molar-refractivity contribution in [3.05, 3.63) is 78.5 Å². The molecule has 6 heteroatoms. The first-order valence-corrected chi connectivity index (χ1v) is 12.4. The molecule has 1 aromatic heterocycles. The van der Waals surface area contributed by atoms with Crippen LogP contribution in [0.25, 0.3) is 0 Å². The molecular weight excluding hydrogens is 418 g/mol. The van der Waals surface area contributed by atoms with Gasteiger partial charge in [-0.15, -0.1) is 0 Å². The SMILES string of the molecule is C=S(c1ccc(OC(C)C)cc1)N1CCN(c2cccnc2OCc2ccccc2)CC1. The van der Waals surface area contributed by atoms with Crippen molar-refractivity contribution in [3.63, 3.8) is 0 Å². The standard InChI is InChI=1S/C26H31N3O2S/c1-21(2)31-23-11-13-24(14-12-23)32(3)29-18-16-28(17-19-29)25-10-7-15-27-26(25)30-20-22-8-5-4-6-9-22/h4-15,21H,3,16-20H2,1-2H3. The van der Waals surface area contributed by atoms with Gasteiger partial charge in [0.25, 0.3) is 0 Å². The van der Waals surface area contributed by atoms with Crippen LogP contribution < -0.4 is 14.4 Å². The van der Waals surface area contributed by atoms with Gasteiger partial charge in [0.1, 0.15) is 12.4 Å². The van der Waals surface area contributed by atoms with Crippen molar-refractivity contribution in [3.8, 4) is 11.6 Å². The minimum Gasteiger partial charge on any atom is -0.491 e. The number of pyridine rings is 1. The van der Waals surface area contributed by atoms with E-state index in [0.717, 1.165) is 43.2 Å². The first kappa shape index (κ1) is 22.4. The number of ether oxygens (including phenoxy) is 2. The Morgan fingerprint density at radius 3 is 2.34 bits per heavy atom. The van der Waals surface area contributed by atoms with E-state index in [0.29, 0.717) is 12.5 Å². The van der Waals surface area contributed by atoms with Crippen molar-refractivity contribution in [1.29, 1.82) is 0 Å². The van der Waals surface area contributed by atoms with Crippen LogP contribution in [0.3, 0.4) is 0 Å². The number of rotatable bonds is 8. The van der Waals surface area contributed by atoms with Gasteiger partial charge in [-0.2, -0.15) is 0 Å². The number of nitrogens with zero attached hydrogens (tertiary/aromatic N) is 3. The van der Waals surface area contributed by atoms with Crippen molar-refractivity contribution < 1.29 is 9.47 Å². The van der Waals surface area contributed by atoms with Crippen molar-refractivity contribution in [2.24, 2.45) is 0 Å². The molecule has 5 nitrogen and oxygen atoms in total. The zero-order chi connectivity index (χ0) is 22.3. The number of hydrogen-bond donors (Lipinski definition) is 0. The predicted octanol–water partition coefficient (Wildman–Crippen LogP) is 5.24. The summed E-state index contributed by atoms with van der Waals surface area (Å²) in [4.78, 5) is 8.10. The number of piperazine rings is 1. The van der Waals surface area contributed by atoms with Gasteiger partial charge in [-0.25, -0.2) is 9.29 Å². The summed E-state index contributed by atoms with van der Waals surface area (Å²) in [6.45, 7) is 8.33. The third-order valence-electron chi connectivity index (χ3n) is 5.33. The Hall–Kier alpha value is -2.83. The molecule has 0 aliphatic carbocycles. The molecule has 1 saturated heterocycles. The van der Waals surface area contributed by atoms with E-state index in [9.17, 15) is 0 Å². The van der Waals surface area contributed by atoms with Crippen molar-refractivity contribution in [2.75, 3.05) is 31.1 Å². The van der Waals surface area contributed by atoms with Crippen LogP contribution in [0.5, 0.6) is 11.6 Å². The van der Waals surface area contributed by atoms with E-state index in [1.807, 2.05) is 50.2 Å². The first-order chi connectivity index (χ1) is 15.6. The summed E-state index contributed by atoms with van der Waals surface area (Å²) in [6.07, 6.45) is 1.97. The average molecular weight is 450 g/mol. The van der Waals surface area contributed by atoms with Crippen molar-refractivity contribution in [1.82, 2.24) is 9.29 Å². The Bertz CT molecular complexity index is 1020. The molecule has 0 saturated carbocycles. The van der Waals surface area contributed by atoms with Crippen molar-refractivity contribution >= 4 is 22.2 Å².